The van der Waals surface area contributed by atoms with Crippen LogP contribution in [0.25, 0.3) is 0 Å². The van der Waals surface area contributed by atoms with Crippen LogP contribution in [0.15, 0.2) is 17.0 Å². The zero-order valence-corrected chi connectivity index (χ0v) is 11.8. The summed E-state index contributed by atoms with van der Waals surface area (Å²) in [6.07, 6.45) is 1.07. The number of anilines is 1. The lowest BCUT2D eigenvalue weighted by Gasteiger charge is -2.30. The molecule has 8 heteroatoms. The second-order valence-electron chi connectivity index (χ2n) is 4.64. The number of rotatable bonds is 3. The number of hydrogen-bond acceptors (Lipinski definition) is 4. The van der Waals surface area contributed by atoms with Gasteiger partial charge in [-0.3, -0.25) is 0 Å². The lowest BCUT2D eigenvalue weighted by molar-refractivity contribution is 0.0631. The maximum Gasteiger partial charge on any atom is 0.246 e. The van der Waals surface area contributed by atoms with E-state index in [-0.39, 0.29) is 6.04 Å². The van der Waals surface area contributed by atoms with E-state index < -0.39 is 32.2 Å². The van der Waals surface area contributed by atoms with Crippen molar-refractivity contribution >= 4 is 15.7 Å². The molecule has 1 aromatic rings. The van der Waals surface area contributed by atoms with Gasteiger partial charge in [-0.1, -0.05) is 0 Å². The van der Waals surface area contributed by atoms with Crippen LogP contribution in [0.2, 0.25) is 0 Å². The molecule has 0 aliphatic carbocycles. The highest BCUT2D eigenvalue weighted by Gasteiger charge is 2.32. The van der Waals surface area contributed by atoms with Crippen molar-refractivity contribution in [1.82, 2.24) is 4.31 Å². The van der Waals surface area contributed by atoms with Gasteiger partial charge in [-0.15, -0.1) is 0 Å². The van der Waals surface area contributed by atoms with Gasteiger partial charge in [-0.2, -0.15) is 4.31 Å². The Hall–Kier alpha value is -1.25. The molecule has 0 radical (unpaired) electrons. The van der Waals surface area contributed by atoms with Crippen LogP contribution in [0, 0.1) is 11.6 Å². The molecule has 2 rings (SSSR count). The van der Waals surface area contributed by atoms with Gasteiger partial charge in [0.05, 0.1) is 0 Å². The van der Waals surface area contributed by atoms with Gasteiger partial charge < -0.3 is 10.5 Å². The molecule has 0 spiro atoms. The minimum Gasteiger partial charge on any atom is -0.394 e. The number of halogens is 2. The molecule has 0 amide bonds. The Bertz CT molecular complexity index is 601. The standard InChI is InChI=1S/C12H16F2N2O3S/c1-16(8-4-6-19-7-5-8)20(17,18)10-3-2-9(13)12(15)11(10)14/h2-3,8H,4-7,15H2,1H3. The first kappa shape index (κ1) is 15.1. The van der Waals surface area contributed by atoms with E-state index in [2.05, 4.69) is 0 Å². The highest BCUT2D eigenvalue weighted by molar-refractivity contribution is 7.89. The molecule has 0 unspecified atom stereocenters. The Labute approximate surface area is 116 Å². The predicted molar refractivity (Wildman–Crippen MR) is 69.6 cm³/mol. The lowest BCUT2D eigenvalue weighted by atomic mass is 10.1. The molecular weight excluding hydrogens is 290 g/mol. The number of sulfonamides is 1. The van der Waals surface area contributed by atoms with Crippen LogP contribution in [0.3, 0.4) is 0 Å². The predicted octanol–water partition coefficient (Wildman–Crippen LogP) is 1.35. The van der Waals surface area contributed by atoms with Gasteiger partial charge in [0.2, 0.25) is 10.0 Å². The number of hydrogen-bond donors (Lipinski definition) is 1. The molecule has 1 aliphatic heterocycles. The molecule has 1 saturated heterocycles. The molecule has 1 aromatic carbocycles. The number of benzene rings is 1. The van der Waals surface area contributed by atoms with Crippen molar-refractivity contribution < 1.29 is 21.9 Å². The monoisotopic (exact) mass is 306 g/mol. The van der Waals surface area contributed by atoms with Gasteiger partial charge in [0.1, 0.15) is 16.4 Å². The highest BCUT2D eigenvalue weighted by Crippen LogP contribution is 2.27. The van der Waals surface area contributed by atoms with Crippen molar-refractivity contribution in [2.45, 2.75) is 23.8 Å². The van der Waals surface area contributed by atoms with Crippen LogP contribution in [-0.4, -0.2) is 39.0 Å². The average Bonchev–Trinajstić information content (AvgIpc) is 2.44. The zero-order chi connectivity index (χ0) is 14.9. The van der Waals surface area contributed by atoms with Gasteiger partial charge in [-0.05, 0) is 25.0 Å². The first-order valence-corrected chi connectivity index (χ1v) is 7.59. The molecule has 20 heavy (non-hydrogen) atoms. The lowest BCUT2D eigenvalue weighted by Crippen LogP contribution is -2.40. The number of nitrogens with two attached hydrogens (primary N) is 1. The molecule has 0 bridgehead atoms. The third-order valence-electron chi connectivity index (χ3n) is 3.45. The van der Waals surface area contributed by atoms with E-state index in [0.717, 1.165) is 16.4 Å². The van der Waals surface area contributed by atoms with E-state index >= 15 is 0 Å². The smallest absolute Gasteiger partial charge is 0.246 e. The van der Waals surface area contributed by atoms with E-state index in [1.54, 1.807) is 0 Å². The van der Waals surface area contributed by atoms with Crippen LogP contribution in [0.1, 0.15) is 12.8 Å². The normalized spacial score (nSPS) is 17.6. The van der Waals surface area contributed by atoms with Gasteiger partial charge in [-0.25, -0.2) is 17.2 Å². The molecule has 0 aromatic heterocycles. The first-order chi connectivity index (χ1) is 9.35. The molecule has 0 saturated carbocycles. The molecule has 0 atom stereocenters. The van der Waals surface area contributed by atoms with Crippen LogP contribution >= 0.6 is 0 Å². The van der Waals surface area contributed by atoms with Crippen molar-refractivity contribution in [3.8, 4) is 0 Å². The summed E-state index contributed by atoms with van der Waals surface area (Å²) in [5.74, 6) is -2.22. The summed E-state index contributed by atoms with van der Waals surface area (Å²) >= 11 is 0. The summed E-state index contributed by atoms with van der Waals surface area (Å²) in [5.41, 5.74) is 4.42. The average molecular weight is 306 g/mol. The number of nitrogens with zero attached hydrogens (tertiary/aromatic N) is 1. The third-order valence-corrected chi connectivity index (χ3v) is 5.38. The Morgan fingerprint density at radius 3 is 2.50 bits per heavy atom. The molecule has 112 valence electrons. The summed E-state index contributed by atoms with van der Waals surface area (Å²) in [7, 11) is -2.67. The van der Waals surface area contributed by atoms with E-state index in [0.29, 0.717) is 26.1 Å². The van der Waals surface area contributed by atoms with E-state index in [9.17, 15) is 17.2 Å². The summed E-state index contributed by atoms with van der Waals surface area (Å²) in [5, 5.41) is 0. The molecule has 1 aliphatic rings. The van der Waals surface area contributed by atoms with Crippen molar-refractivity contribution in [3.05, 3.63) is 23.8 Å². The van der Waals surface area contributed by atoms with Crippen LogP contribution in [-0.2, 0) is 14.8 Å². The minimum atomic E-state index is -4.05. The summed E-state index contributed by atoms with van der Waals surface area (Å²) in [4.78, 5) is -0.606. The van der Waals surface area contributed by atoms with Crippen LogP contribution < -0.4 is 5.73 Å². The van der Waals surface area contributed by atoms with E-state index in [4.69, 9.17) is 10.5 Å². The fraction of sp³-hybridized carbons (Fsp3) is 0.500. The van der Waals surface area contributed by atoms with Gasteiger partial charge >= 0.3 is 0 Å². The van der Waals surface area contributed by atoms with E-state index in [1.165, 1.54) is 7.05 Å². The quantitative estimate of drug-likeness (QED) is 0.856. The first-order valence-electron chi connectivity index (χ1n) is 6.15. The van der Waals surface area contributed by atoms with Crippen molar-refractivity contribution in [3.63, 3.8) is 0 Å². The molecule has 5 nitrogen and oxygen atoms in total. The Balaban J connectivity index is 2.37. The van der Waals surface area contributed by atoms with Gasteiger partial charge in [0, 0.05) is 26.3 Å². The largest absolute Gasteiger partial charge is 0.394 e. The van der Waals surface area contributed by atoms with Crippen molar-refractivity contribution in [1.29, 1.82) is 0 Å². The van der Waals surface area contributed by atoms with E-state index in [1.807, 2.05) is 0 Å². The highest BCUT2D eigenvalue weighted by atomic mass is 32.2. The van der Waals surface area contributed by atoms with Crippen LogP contribution in [0.5, 0.6) is 0 Å². The SMILES string of the molecule is CN(C1CCOCC1)S(=O)(=O)c1ccc(F)c(N)c1F. The van der Waals surface area contributed by atoms with Crippen LogP contribution in [0.4, 0.5) is 14.5 Å². The number of ether oxygens (including phenoxy) is 1. The Kier molecular flexibility index (Phi) is 4.26. The van der Waals surface area contributed by atoms with Crippen molar-refractivity contribution in [2.75, 3.05) is 26.0 Å². The zero-order valence-electron chi connectivity index (χ0n) is 11.0. The van der Waals surface area contributed by atoms with Gasteiger partial charge in [0.15, 0.2) is 5.82 Å². The second kappa shape index (κ2) is 5.63. The maximum absolute atomic E-state index is 13.9. The third kappa shape index (κ3) is 2.63. The topological polar surface area (TPSA) is 72.6 Å². The summed E-state index contributed by atoms with van der Waals surface area (Å²) in [6.45, 7) is 0.914. The summed E-state index contributed by atoms with van der Waals surface area (Å²) in [6, 6.07) is 1.48. The molecule has 2 N–H and O–H groups in total. The molecule has 1 fully saturated rings. The Morgan fingerprint density at radius 2 is 1.90 bits per heavy atom. The Morgan fingerprint density at radius 1 is 1.30 bits per heavy atom. The minimum absolute atomic E-state index is 0.264. The molecular formula is C12H16F2N2O3S. The fourth-order valence-corrected chi connectivity index (χ4v) is 3.64. The maximum atomic E-state index is 13.9. The fourth-order valence-electron chi connectivity index (χ4n) is 2.15. The van der Waals surface area contributed by atoms with Crippen molar-refractivity contribution in [2.24, 2.45) is 0 Å². The second-order valence-corrected chi connectivity index (χ2v) is 6.60. The summed E-state index contributed by atoms with van der Waals surface area (Å²) < 4.78 is 58.0. The molecule has 1 heterocycles. The van der Waals surface area contributed by atoms with Gasteiger partial charge in [0.25, 0.3) is 0 Å². The number of nitrogen functional groups attached to an aromatic ring is 1.